The molecule has 1 fully saturated rings. The maximum Gasteiger partial charge on any atom is 0.0949 e. The molecule has 3 N–H and O–H groups in total. The van der Waals surface area contributed by atoms with E-state index in [-0.39, 0.29) is 0 Å². The summed E-state index contributed by atoms with van der Waals surface area (Å²) in [5, 5.41) is 7.45. The van der Waals surface area contributed by atoms with Crippen molar-refractivity contribution in [1.29, 1.82) is 5.41 Å². The van der Waals surface area contributed by atoms with Crippen LogP contribution in [0.25, 0.3) is 0 Å². The largest absolute Gasteiger partial charge is 0.387 e. The highest BCUT2D eigenvalue weighted by molar-refractivity contribution is 5.79. The highest BCUT2D eigenvalue weighted by atomic mass is 15.1. The summed E-state index contributed by atoms with van der Waals surface area (Å²) in [5.74, 6) is 1.46. The standard InChI is InChI=1S/C11H23N3/c1-9(2)5-7-14-6-3-4-10(8-14)11(12)13/h9-10H,3-8H2,1-2H3,(H3,12,13). The summed E-state index contributed by atoms with van der Waals surface area (Å²) < 4.78 is 0. The van der Waals surface area contributed by atoms with Gasteiger partial charge in [-0.3, -0.25) is 5.41 Å². The molecule has 0 spiro atoms. The molecule has 1 atom stereocenters. The van der Waals surface area contributed by atoms with Gasteiger partial charge in [-0.1, -0.05) is 13.8 Å². The van der Waals surface area contributed by atoms with E-state index in [0.717, 1.165) is 18.9 Å². The van der Waals surface area contributed by atoms with Crippen molar-refractivity contribution < 1.29 is 0 Å². The summed E-state index contributed by atoms with van der Waals surface area (Å²) in [5.41, 5.74) is 5.54. The predicted octanol–water partition coefficient (Wildman–Crippen LogP) is 1.68. The van der Waals surface area contributed by atoms with Crippen LogP contribution in [-0.4, -0.2) is 30.4 Å². The minimum Gasteiger partial charge on any atom is -0.387 e. The molecule has 1 unspecified atom stereocenters. The van der Waals surface area contributed by atoms with E-state index in [1.165, 1.54) is 25.9 Å². The van der Waals surface area contributed by atoms with E-state index < -0.39 is 0 Å². The van der Waals surface area contributed by atoms with Gasteiger partial charge in [-0.2, -0.15) is 0 Å². The highest BCUT2D eigenvalue weighted by Gasteiger charge is 2.21. The summed E-state index contributed by atoms with van der Waals surface area (Å²) in [6.07, 6.45) is 3.56. The van der Waals surface area contributed by atoms with Crippen molar-refractivity contribution in [3.63, 3.8) is 0 Å². The Balaban J connectivity index is 2.29. The van der Waals surface area contributed by atoms with Crippen molar-refractivity contribution in [2.24, 2.45) is 17.6 Å². The Morgan fingerprint density at radius 3 is 2.86 bits per heavy atom. The fourth-order valence-electron chi connectivity index (χ4n) is 1.95. The van der Waals surface area contributed by atoms with E-state index in [1.807, 2.05) is 0 Å². The van der Waals surface area contributed by atoms with Crippen molar-refractivity contribution >= 4 is 5.84 Å². The van der Waals surface area contributed by atoms with Gasteiger partial charge in [-0.05, 0) is 38.3 Å². The lowest BCUT2D eigenvalue weighted by atomic mass is 9.96. The number of amidine groups is 1. The van der Waals surface area contributed by atoms with Gasteiger partial charge in [-0.25, -0.2) is 0 Å². The third kappa shape index (κ3) is 3.66. The zero-order valence-corrected chi connectivity index (χ0v) is 9.42. The van der Waals surface area contributed by atoms with E-state index in [9.17, 15) is 0 Å². The van der Waals surface area contributed by atoms with E-state index in [0.29, 0.717) is 11.8 Å². The van der Waals surface area contributed by atoms with E-state index in [1.54, 1.807) is 0 Å². The molecule has 1 aliphatic heterocycles. The Morgan fingerprint density at radius 2 is 2.29 bits per heavy atom. The van der Waals surface area contributed by atoms with Gasteiger partial charge < -0.3 is 10.6 Å². The molecule has 0 amide bonds. The average Bonchev–Trinajstić information content (AvgIpc) is 2.15. The van der Waals surface area contributed by atoms with Gasteiger partial charge >= 0.3 is 0 Å². The second kappa shape index (κ2) is 5.35. The normalized spacial score (nSPS) is 24.1. The molecule has 0 aromatic carbocycles. The summed E-state index contributed by atoms with van der Waals surface area (Å²) in [7, 11) is 0. The van der Waals surface area contributed by atoms with Gasteiger partial charge in [0.1, 0.15) is 0 Å². The third-order valence-corrected chi connectivity index (χ3v) is 2.97. The fourth-order valence-corrected chi connectivity index (χ4v) is 1.95. The minimum absolute atomic E-state index is 0.316. The Hall–Kier alpha value is -0.570. The van der Waals surface area contributed by atoms with Gasteiger partial charge in [0.15, 0.2) is 0 Å². The van der Waals surface area contributed by atoms with Gasteiger partial charge in [0.2, 0.25) is 0 Å². The molecular weight excluding hydrogens is 174 g/mol. The monoisotopic (exact) mass is 197 g/mol. The van der Waals surface area contributed by atoms with Crippen LogP contribution in [0.2, 0.25) is 0 Å². The Labute approximate surface area is 87.2 Å². The second-order valence-electron chi connectivity index (χ2n) is 4.78. The number of nitrogens with two attached hydrogens (primary N) is 1. The number of nitrogens with one attached hydrogen (secondary N) is 1. The number of hydrogen-bond acceptors (Lipinski definition) is 2. The van der Waals surface area contributed by atoms with Crippen LogP contribution in [0.5, 0.6) is 0 Å². The molecule has 14 heavy (non-hydrogen) atoms. The lowest BCUT2D eigenvalue weighted by Gasteiger charge is -2.32. The summed E-state index contributed by atoms with van der Waals surface area (Å²) in [6.45, 7) is 7.87. The molecule has 3 nitrogen and oxygen atoms in total. The number of piperidine rings is 1. The maximum absolute atomic E-state index is 7.45. The molecule has 0 aromatic rings. The second-order valence-corrected chi connectivity index (χ2v) is 4.78. The van der Waals surface area contributed by atoms with Crippen LogP contribution in [0.4, 0.5) is 0 Å². The van der Waals surface area contributed by atoms with Crippen molar-refractivity contribution in [3.05, 3.63) is 0 Å². The number of likely N-dealkylation sites (tertiary alicyclic amines) is 1. The molecule has 3 heteroatoms. The van der Waals surface area contributed by atoms with Crippen molar-refractivity contribution in [2.75, 3.05) is 19.6 Å². The Kier molecular flexibility index (Phi) is 4.39. The summed E-state index contributed by atoms with van der Waals surface area (Å²) in [6, 6.07) is 0. The first-order valence-electron chi connectivity index (χ1n) is 5.66. The smallest absolute Gasteiger partial charge is 0.0949 e. The number of rotatable bonds is 4. The topological polar surface area (TPSA) is 53.1 Å². The molecule has 1 heterocycles. The molecule has 0 aromatic heterocycles. The molecular formula is C11H23N3. The van der Waals surface area contributed by atoms with Crippen LogP contribution in [0, 0.1) is 17.2 Å². The summed E-state index contributed by atoms with van der Waals surface area (Å²) in [4.78, 5) is 2.45. The van der Waals surface area contributed by atoms with E-state index in [2.05, 4.69) is 18.7 Å². The maximum atomic E-state index is 7.45. The van der Waals surface area contributed by atoms with Crippen molar-refractivity contribution in [1.82, 2.24) is 4.90 Å². The third-order valence-electron chi connectivity index (χ3n) is 2.97. The Morgan fingerprint density at radius 1 is 1.57 bits per heavy atom. The Bertz CT molecular complexity index is 189. The molecule has 82 valence electrons. The molecule has 0 saturated carbocycles. The van der Waals surface area contributed by atoms with Crippen LogP contribution in [0.1, 0.15) is 33.1 Å². The number of nitrogens with zero attached hydrogens (tertiary/aromatic N) is 1. The van der Waals surface area contributed by atoms with Crippen LogP contribution in [0.15, 0.2) is 0 Å². The van der Waals surface area contributed by atoms with Crippen LogP contribution in [-0.2, 0) is 0 Å². The SMILES string of the molecule is CC(C)CCN1CCCC(C(=N)N)C1. The predicted molar refractivity (Wildman–Crippen MR) is 60.5 cm³/mol. The van der Waals surface area contributed by atoms with Gasteiger partial charge in [0, 0.05) is 12.5 Å². The van der Waals surface area contributed by atoms with Crippen LogP contribution in [0.3, 0.4) is 0 Å². The molecule has 1 saturated heterocycles. The molecule has 0 radical (unpaired) electrons. The lowest BCUT2D eigenvalue weighted by Crippen LogP contribution is -2.41. The zero-order chi connectivity index (χ0) is 10.6. The fraction of sp³-hybridized carbons (Fsp3) is 0.909. The quantitative estimate of drug-likeness (QED) is 0.532. The van der Waals surface area contributed by atoms with Crippen molar-refractivity contribution in [3.8, 4) is 0 Å². The summed E-state index contributed by atoms with van der Waals surface area (Å²) >= 11 is 0. The first-order chi connectivity index (χ1) is 6.59. The average molecular weight is 197 g/mol. The van der Waals surface area contributed by atoms with Crippen LogP contribution >= 0.6 is 0 Å². The minimum atomic E-state index is 0.316. The molecule has 1 aliphatic rings. The molecule has 1 rings (SSSR count). The molecule has 0 bridgehead atoms. The first kappa shape index (κ1) is 11.5. The van der Waals surface area contributed by atoms with E-state index >= 15 is 0 Å². The lowest BCUT2D eigenvalue weighted by molar-refractivity contribution is 0.194. The van der Waals surface area contributed by atoms with Gasteiger partial charge in [0.25, 0.3) is 0 Å². The van der Waals surface area contributed by atoms with Crippen LogP contribution < -0.4 is 5.73 Å². The number of hydrogen-bond donors (Lipinski definition) is 2. The van der Waals surface area contributed by atoms with Gasteiger partial charge in [0.05, 0.1) is 5.84 Å². The van der Waals surface area contributed by atoms with E-state index in [4.69, 9.17) is 11.1 Å². The van der Waals surface area contributed by atoms with Gasteiger partial charge in [-0.15, -0.1) is 0 Å². The molecule has 0 aliphatic carbocycles. The highest BCUT2D eigenvalue weighted by Crippen LogP contribution is 2.16. The van der Waals surface area contributed by atoms with Crippen molar-refractivity contribution in [2.45, 2.75) is 33.1 Å². The zero-order valence-electron chi connectivity index (χ0n) is 9.42. The first-order valence-corrected chi connectivity index (χ1v) is 5.66.